The van der Waals surface area contributed by atoms with Gasteiger partial charge >= 0.3 is 0 Å². The molecule has 16 heteroatoms. The molecule has 14 nitrogen and oxygen atoms in total. The number of oxime groups is 1. The minimum atomic E-state index is -1.50. The van der Waals surface area contributed by atoms with E-state index < -0.39 is 29.2 Å². The first kappa shape index (κ1) is 24.5. The van der Waals surface area contributed by atoms with Gasteiger partial charge in [0.25, 0.3) is 11.8 Å². The number of β-lactam (4-membered cyclic amide) rings is 1. The molecule has 0 aromatic carbocycles. The Labute approximate surface area is 206 Å². The van der Waals surface area contributed by atoms with Crippen molar-refractivity contribution >= 4 is 57.5 Å². The first-order chi connectivity index (χ1) is 16.8. The molecule has 1 saturated heterocycles. The van der Waals surface area contributed by atoms with Gasteiger partial charge in [0.2, 0.25) is 0 Å². The predicted molar refractivity (Wildman–Crippen MR) is 123 cm³/mol. The van der Waals surface area contributed by atoms with E-state index in [0.29, 0.717) is 11.4 Å². The monoisotopic (exact) mass is 522 g/mol. The molecule has 1 fully saturated rings. The van der Waals surface area contributed by atoms with Gasteiger partial charge in [-0.15, -0.1) is 32.5 Å². The second kappa shape index (κ2) is 9.93. The van der Waals surface area contributed by atoms with E-state index in [9.17, 15) is 24.6 Å². The van der Waals surface area contributed by atoms with Crippen molar-refractivity contribution in [1.29, 1.82) is 0 Å². The number of aliphatic carboxylic acids is 1. The molecule has 0 unspecified atom stereocenters. The highest BCUT2D eigenvalue weighted by Gasteiger charge is 2.53. The Morgan fingerprint density at radius 2 is 2.23 bits per heavy atom. The SMILES string of the molecule is CON=C(C(=O)N[C@@H]1C(=O)N2C(C(=O)[O-])=C(C[n+]3ccc(N)n3CCO)CS[C@H]12)c1csc(N)n1. The van der Waals surface area contributed by atoms with Crippen LogP contribution in [0.4, 0.5) is 10.9 Å². The molecule has 0 saturated carbocycles. The van der Waals surface area contributed by atoms with Crippen LogP contribution in [0.1, 0.15) is 5.69 Å². The summed E-state index contributed by atoms with van der Waals surface area (Å²) >= 11 is 2.41. The molecule has 2 atom stereocenters. The molecule has 2 aliphatic rings. The molecule has 186 valence electrons. The fraction of sp³-hybridized carbons (Fsp3) is 0.368. The number of hydrogen-bond acceptors (Lipinski definition) is 12. The van der Waals surface area contributed by atoms with Crippen molar-refractivity contribution in [2.45, 2.75) is 24.5 Å². The quantitative estimate of drug-likeness (QED) is 0.113. The minimum Gasteiger partial charge on any atom is -0.543 e. The molecule has 0 aliphatic carbocycles. The number of nitrogen functional groups attached to an aromatic ring is 2. The van der Waals surface area contributed by atoms with Crippen molar-refractivity contribution in [2.24, 2.45) is 5.16 Å². The Morgan fingerprint density at radius 3 is 2.86 bits per heavy atom. The van der Waals surface area contributed by atoms with Crippen molar-refractivity contribution in [2.75, 3.05) is 30.9 Å². The van der Waals surface area contributed by atoms with Crippen molar-refractivity contribution in [1.82, 2.24) is 19.9 Å². The van der Waals surface area contributed by atoms with Crippen LogP contribution in [0.15, 0.2) is 34.1 Å². The van der Waals surface area contributed by atoms with Gasteiger partial charge in [0.1, 0.15) is 30.8 Å². The average Bonchev–Trinajstić information content (AvgIpc) is 3.41. The molecule has 0 bridgehead atoms. The molecule has 0 spiro atoms. The van der Waals surface area contributed by atoms with Gasteiger partial charge in [-0.1, -0.05) is 5.16 Å². The summed E-state index contributed by atoms with van der Waals surface area (Å²) in [5.41, 5.74) is 11.8. The van der Waals surface area contributed by atoms with Crippen molar-refractivity contribution < 1.29 is 34.1 Å². The third kappa shape index (κ3) is 4.54. The van der Waals surface area contributed by atoms with Crippen LogP contribution in [-0.2, 0) is 32.3 Å². The number of nitrogens with two attached hydrogens (primary N) is 2. The fourth-order valence-corrected chi connectivity index (χ4v) is 5.74. The maximum absolute atomic E-state index is 12.9. The van der Waals surface area contributed by atoms with Gasteiger partial charge in [-0.05, 0) is 0 Å². The molecule has 4 heterocycles. The number of thiazole rings is 1. The standard InChI is InChI=1S/C19H22N8O6S2/c1-33-24-12(10-8-35-19(21)22-10)15(29)23-13-16(30)27-14(18(31)32)9(7-34-17(13)27)6-25-3-2-11(20)26(25)4-5-28/h2-3,8,13,17,20,28H,4-7H2,1H3,(H4,21,22,23,29,31,32)/t13-,17-/m1/s1. The Hall–Kier alpha value is -3.63. The van der Waals surface area contributed by atoms with Crippen LogP contribution in [0, 0.1) is 0 Å². The average molecular weight is 523 g/mol. The summed E-state index contributed by atoms with van der Waals surface area (Å²) in [6.45, 7) is 0.183. The van der Waals surface area contributed by atoms with Crippen LogP contribution in [0.2, 0.25) is 0 Å². The van der Waals surface area contributed by atoms with Gasteiger partial charge in [0.15, 0.2) is 29.4 Å². The summed E-state index contributed by atoms with van der Waals surface area (Å²) in [5, 5.41) is 28.7. The zero-order chi connectivity index (χ0) is 25.3. The Balaban J connectivity index is 1.54. The summed E-state index contributed by atoms with van der Waals surface area (Å²) in [7, 11) is 1.26. The fourth-order valence-electron chi connectivity index (χ4n) is 3.86. The van der Waals surface area contributed by atoms with E-state index in [4.69, 9.17) is 16.3 Å². The third-order valence-electron chi connectivity index (χ3n) is 5.38. The second-order valence-electron chi connectivity index (χ2n) is 7.48. The van der Waals surface area contributed by atoms with Gasteiger partial charge < -0.3 is 36.6 Å². The summed E-state index contributed by atoms with van der Waals surface area (Å²) in [5.74, 6) is -2.15. The number of thioether (sulfide) groups is 1. The van der Waals surface area contributed by atoms with Crippen molar-refractivity contribution in [3.05, 3.63) is 34.6 Å². The largest absolute Gasteiger partial charge is 0.543 e. The minimum absolute atomic E-state index is 0.122. The summed E-state index contributed by atoms with van der Waals surface area (Å²) in [6.07, 6.45) is 1.66. The number of nitrogens with one attached hydrogen (secondary N) is 1. The molecule has 2 aromatic rings. The van der Waals surface area contributed by atoms with Gasteiger partial charge in [0.05, 0.1) is 24.3 Å². The topological polar surface area (TPSA) is 205 Å². The lowest BCUT2D eigenvalue weighted by Crippen LogP contribution is -2.71. The Kier molecular flexibility index (Phi) is 6.95. The Morgan fingerprint density at radius 1 is 1.46 bits per heavy atom. The number of hydrogen-bond donors (Lipinski definition) is 4. The Bertz CT molecular complexity index is 1240. The number of nitrogens with zero attached hydrogens (tertiary/aromatic N) is 5. The maximum Gasteiger partial charge on any atom is 0.276 e. The van der Waals surface area contributed by atoms with E-state index in [2.05, 4.69) is 15.5 Å². The number of fused-ring (bicyclic) bond motifs is 1. The van der Waals surface area contributed by atoms with Crippen LogP contribution in [-0.4, -0.2) is 74.1 Å². The predicted octanol–water partition coefficient (Wildman–Crippen LogP) is -3.16. The third-order valence-corrected chi connectivity index (χ3v) is 7.39. The molecule has 2 aliphatic heterocycles. The first-order valence-electron chi connectivity index (χ1n) is 10.2. The summed E-state index contributed by atoms with van der Waals surface area (Å²) < 4.78 is 3.25. The number of carboxylic acid groups (broad SMARTS) is 1. The van der Waals surface area contributed by atoms with Gasteiger partial charge in [0, 0.05) is 16.7 Å². The zero-order valence-corrected chi connectivity index (χ0v) is 20.0. The molecule has 6 N–H and O–H groups in total. The molecular weight excluding hydrogens is 500 g/mol. The number of aliphatic hydroxyl groups excluding tert-OH is 1. The number of rotatable bonds is 9. The highest BCUT2D eigenvalue weighted by atomic mass is 32.2. The van der Waals surface area contributed by atoms with Crippen LogP contribution in [0.3, 0.4) is 0 Å². The highest BCUT2D eigenvalue weighted by molar-refractivity contribution is 8.00. The highest BCUT2D eigenvalue weighted by Crippen LogP contribution is 2.40. The van der Waals surface area contributed by atoms with E-state index in [1.165, 1.54) is 24.3 Å². The molecular formula is C19H22N8O6S2. The maximum atomic E-state index is 12.9. The van der Waals surface area contributed by atoms with E-state index >= 15 is 0 Å². The molecule has 35 heavy (non-hydrogen) atoms. The molecule has 2 amide bonds. The lowest BCUT2D eigenvalue weighted by molar-refractivity contribution is -0.767. The normalized spacial score (nSPS) is 19.9. The van der Waals surface area contributed by atoms with E-state index in [1.54, 1.807) is 21.6 Å². The molecule has 0 radical (unpaired) electrons. The summed E-state index contributed by atoms with van der Waals surface area (Å²) in [4.78, 5) is 47.6. The first-order valence-corrected chi connectivity index (χ1v) is 12.2. The number of carbonyl (C=O) groups excluding carboxylic acids is 3. The van der Waals surface area contributed by atoms with Gasteiger partial charge in [-0.25, -0.2) is 4.98 Å². The van der Waals surface area contributed by atoms with Crippen LogP contribution in [0.25, 0.3) is 0 Å². The number of carbonyl (C=O) groups is 3. The number of carboxylic acids is 1. The van der Waals surface area contributed by atoms with E-state index in [1.807, 2.05) is 0 Å². The zero-order valence-electron chi connectivity index (χ0n) is 18.4. The van der Waals surface area contributed by atoms with E-state index in [0.717, 1.165) is 16.2 Å². The lowest BCUT2D eigenvalue weighted by Gasteiger charge is -2.50. The summed E-state index contributed by atoms with van der Waals surface area (Å²) in [6, 6.07) is 0.645. The van der Waals surface area contributed by atoms with Crippen LogP contribution < -0.4 is 26.6 Å². The molecule has 4 rings (SSSR count). The van der Waals surface area contributed by atoms with Crippen LogP contribution in [0.5, 0.6) is 0 Å². The molecule has 2 aromatic heterocycles. The number of aromatic nitrogens is 3. The van der Waals surface area contributed by atoms with Gasteiger partial charge in [-0.3, -0.25) is 14.5 Å². The van der Waals surface area contributed by atoms with E-state index in [-0.39, 0.29) is 47.7 Å². The number of aliphatic hydroxyl groups is 1. The number of amides is 2. The van der Waals surface area contributed by atoms with Crippen molar-refractivity contribution in [3.63, 3.8) is 0 Å². The van der Waals surface area contributed by atoms with Crippen molar-refractivity contribution in [3.8, 4) is 0 Å². The second-order valence-corrected chi connectivity index (χ2v) is 9.47. The van der Waals surface area contributed by atoms with Gasteiger partial charge in [-0.2, -0.15) is 0 Å². The smallest absolute Gasteiger partial charge is 0.276 e. The number of anilines is 2. The lowest BCUT2D eigenvalue weighted by atomic mass is 10.0. The van der Waals surface area contributed by atoms with Crippen LogP contribution >= 0.6 is 23.1 Å².